The first-order valence-electron chi connectivity index (χ1n) is 46.2. The summed E-state index contributed by atoms with van der Waals surface area (Å²) in [6.45, 7) is 54.4. The van der Waals surface area contributed by atoms with E-state index in [1.165, 1.54) is 44.9 Å². The molecule has 2 bridgehead atoms. The van der Waals surface area contributed by atoms with E-state index in [9.17, 15) is 91.7 Å². The molecule has 10 atom stereocenters. The van der Waals surface area contributed by atoms with Crippen LogP contribution in [0.4, 0.5) is 0 Å². The number of hydrogen-bond acceptors (Lipinski definition) is 33. The lowest BCUT2D eigenvalue weighted by Gasteiger charge is -2.33. The van der Waals surface area contributed by atoms with Gasteiger partial charge in [-0.2, -0.15) is 0 Å². The molecule has 0 aromatic heterocycles. The average Bonchev–Trinajstić information content (AvgIpc) is 1.59. The third-order valence-corrected chi connectivity index (χ3v) is 23.4. The van der Waals surface area contributed by atoms with E-state index in [-0.39, 0.29) is 151 Å². The summed E-state index contributed by atoms with van der Waals surface area (Å²) in [5, 5.41) is 44.2. The summed E-state index contributed by atoms with van der Waals surface area (Å²) in [7, 11) is 0. The van der Waals surface area contributed by atoms with Crippen LogP contribution in [-0.2, 0) is 148 Å². The number of esters is 14. The zero-order chi connectivity index (χ0) is 104. The van der Waals surface area contributed by atoms with E-state index in [4.69, 9.17) is 72.2 Å². The number of carboxylic acids is 3. The number of aliphatic hydroxyl groups excluding tert-OH is 2. The van der Waals surface area contributed by atoms with Gasteiger partial charge in [0.2, 0.25) is 0 Å². The first-order valence-corrected chi connectivity index (χ1v) is 46.2. The van der Waals surface area contributed by atoms with Gasteiger partial charge in [-0.05, 0) is 204 Å². The molecule has 3 aliphatic rings. The van der Waals surface area contributed by atoms with E-state index in [1.54, 1.807) is 69.2 Å². The monoisotopic (exact) mass is 1920 g/mol. The zero-order valence-electron chi connectivity index (χ0n) is 84.1. The molecule has 0 amide bonds. The Labute approximate surface area is 793 Å². The van der Waals surface area contributed by atoms with E-state index in [2.05, 4.69) is 56.6 Å². The van der Waals surface area contributed by atoms with Gasteiger partial charge in [0.15, 0.2) is 12.2 Å². The lowest BCUT2D eigenvalue weighted by atomic mass is 9.80. The Kier molecular flexibility index (Phi) is 66.0. The number of aliphatic hydroxyl groups is 2. The van der Waals surface area contributed by atoms with Gasteiger partial charge in [-0.1, -0.05) is 114 Å². The molecule has 3 aliphatic carbocycles. The minimum Gasteiger partial charge on any atom is -0.481 e. The third-order valence-electron chi connectivity index (χ3n) is 23.4. The van der Waals surface area contributed by atoms with Crippen LogP contribution in [0.15, 0.2) is 50.6 Å². The fraction of sp³-hybridized carbons (Fsp3) is 0.745. The number of rotatable bonds is 55. The number of carboxylic acid groups (broad SMARTS) is 3. The molecule has 36 heteroatoms. The topological polar surface area (TPSA) is 521 Å². The molecular formula is C98H162O36. The molecule has 0 saturated heterocycles. The molecule has 0 aromatic rings. The van der Waals surface area contributed by atoms with Gasteiger partial charge in [0.25, 0.3) is 0 Å². The molecule has 3 saturated carbocycles. The van der Waals surface area contributed by atoms with Crippen molar-refractivity contribution in [2.45, 2.75) is 331 Å². The standard InChI is InChI=1S/2C16H24O8.C16H26O2.C14H28O2.C12H20O6.2C12H20O5/c2*1-5-13(19)22-9-11(24-14(20)8-7-12(17)18)10-23-15(21)16(3,4)6-2;1-4-16(2,3)15(17)18-14-9-10-8-13(14)12-7-5-6-11(10)12;1-6-9-10-12(7-2)11-16-13(15)14(4,5)8-3;1-4-12(2,3)11(16)18-8-7-17-10(15)6-5-9(13)14;2*1-5-10(14)16-7-9(13)8-17-11(15)12(3,4)6-2/h2*5,11H,1,6-10H2,2-4H3,(H,17,18);10-14H,4-9H2,1-3H3;12H,6-11H2,1-5H3;4-8H2,1-3H3,(H,13,14);2*5,9,13H,1,6-8H2,2-4H3. The first-order chi connectivity index (χ1) is 62.2. The lowest BCUT2D eigenvalue weighted by Crippen LogP contribution is -2.36. The fourth-order valence-electron chi connectivity index (χ4n) is 11.1. The zero-order valence-corrected chi connectivity index (χ0v) is 84.1. The third kappa shape index (κ3) is 57.6. The Morgan fingerprint density at radius 2 is 0.604 bits per heavy atom. The van der Waals surface area contributed by atoms with Crippen molar-refractivity contribution in [3.05, 3.63) is 50.6 Å². The van der Waals surface area contributed by atoms with Crippen molar-refractivity contribution in [1.82, 2.24) is 0 Å². The average molecular weight is 1920 g/mol. The SMILES string of the molecule is C=CC(=O)OCC(COC(=O)C(C)(C)CC)OC(=O)CCC(=O)O.C=CC(=O)OCC(COC(=O)C(C)(C)CC)OC(=O)CCC(=O)O.C=CC(=O)OCC(O)COC(=O)C(C)(C)CC.C=CC(=O)OCC(O)COC(=O)C(C)(C)CC.CCC(C)(C)C(=O)OC1CC2CC1C1CCCC21.CCC(C)(C)C(=O)OCCOC(=O)CCC(=O)O.CCCCC(CC)COC(=O)C(C)(C)CC. The van der Waals surface area contributed by atoms with Crippen molar-refractivity contribution in [3.63, 3.8) is 0 Å². The van der Waals surface area contributed by atoms with Crippen molar-refractivity contribution in [2.75, 3.05) is 72.7 Å². The molecule has 0 aromatic carbocycles. The van der Waals surface area contributed by atoms with E-state index in [0.29, 0.717) is 50.5 Å². The smallest absolute Gasteiger partial charge is 0.330 e. The van der Waals surface area contributed by atoms with Crippen LogP contribution in [0, 0.1) is 67.5 Å². The van der Waals surface area contributed by atoms with Gasteiger partial charge >= 0.3 is 101 Å². The van der Waals surface area contributed by atoms with Crippen LogP contribution in [0.5, 0.6) is 0 Å². The molecule has 36 nitrogen and oxygen atoms in total. The van der Waals surface area contributed by atoms with Crippen LogP contribution in [0.2, 0.25) is 0 Å². The predicted octanol–water partition coefficient (Wildman–Crippen LogP) is 14.4. The Morgan fingerprint density at radius 1 is 0.328 bits per heavy atom. The fourth-order valence-corrected chi connectivity index (χ4v) is 11.1. The number of ether oxygens (including phenoxy) is 14. The van der Waals surface area contributed by atoms with Crippen molar-refractivity contribution in [2.24, 2.45) is 67.5 Å². The molecule has 3 fully saturated rings. The van der Waals surface area contributed by atoms with Gasteiger partial charge < -0.3 is 91.8 Å². The summed E-state index contributed by atoms with van der Waals surface area (Å²) in [4.78, 5) is 191. The Hall–Kier alpha value is -10.1. The predicted molar refractivity (Wildman–Crippen MR) is 492 cm³/mol. The van der Waals surface area contributed by atoms with E-state index in [1.807, 2.05) is 69.2 Å². The Balaban J connectivity index is -0.000000740. The Bertz CT molecular complexity index is 3530. The van der Waals surface area contributed by atoms with Crippen molar-refractivity contribution >= 4 is 101 Å². The molecular weight excluding hydrogens is 1750 g/mol. The van der Waals surface area contributed by atoms with Crippen LogP contribution >= 0.6 is 0 Å². The summed E-state index contributed by atoms with van der Waals surface area (Å²) < 4.78 is 69.7. The minimum atomic E-state index is -1.14. The summed E-state index contributed by atoms with van der Waals surface area (Å²) >= 11 is 0. The second-order valence-corrected chi connectivity index (χ2v) is 37.1. The summed E-state index contributed by atoms with van der Waals surface area (Å²) in [5.41, 5.74) is -3.73. The van der Waals surface area contributed by atoms with Gasteiger partial charge in [0.05, 0.1) is 83.0 Å². The van der Waals surface area contributed by atoms with Gasteiger partial charge in [-0.25, -0.2) is 19.2 Å². The van der Waals surface area contributed by atoms with Crippen molar-refractivity contribution < 1.29 is 173 Å². The normalized spacial score (nSPS) is 16.2. The maximum atomic E-state index is 12.2. The van der Waals surface area contributed by atoms with Gasteiger partial charge in [0, 0.05) is 24.3 Å². The highest BCUT2D eigenvalue weighted by Crippen LogP contribution is 2.59. The quantitative estimate of drug-likeness (QED) is 0.0163. The molecule has 0 heterocycles. The number of carbonyl (C=O) groups excluding carboxylic acids is 14. The second-order valence-electron chi connectivity index (χ2n) is 37.1. The van der Waals surface area contributed by atoms with Gasteiger partial charge in [-0.3, -0.25) is 62.3 Å². The highest BCUT2D eigenvalue weighted by Gasteiger charge is 2.55. The summed E-state index contributed by atoms with van der Waals surface area (Å²) in [5.74, 6) is -6.34. The van der Waals surface area contributed by atoms with E-state index in [0.717, 1.165) is 67.7 Å². The number of hydrogen-bond donors (Lipinski definition) is 5. The molecule has 10 unspecified atom stereocenters. The number of carbonyl (C=O) groups is 17. The molecule has 0 spiro atoms. The van der Waals surface area contributed by atoms with Crippen molar-refractivity contribution in [3.8, 4) is 0 Å². The van der Waals surface area contributed by atoms with Crippen LogP contribution in [0.3, 0.4) is 0 Å². The lowest BCUT2D eigenvalue weighted by molar-refractivity contribution is -0.170. The Morgan fingerprint density at radius 3 is 0.918 bits per heavy atom. The summed E-state index contributed by atoms with van der Waals surface area (Å²) in [6, 6.07) is 0. The number of aliphatic carboxylic acids is 3. The maximum absolute atomic E-state index is 12.2. The summed E-state index contributed by atoms with van der Waals surface area (Å²) in [6.07, 6.45) is 14.3. The number of fused-ring (bicyclic) bond motifs is 5. The molecule has 5 N–H and O–H groups in total. The molecule has 770 valence electrons. The van der Waals surface area contributed by atoms with Crippen LogP contribution in [0.1, 0.15) is 301 Å². The number of unbranched alkanes of at least 4 members (excludes halogenated alkanes) is 1. The molecule has 134 heavy (non-hydrogen) atoms. The van der Waals surface area contributed by atoms with Crippen LogP contribution < -0.4 is 0 Å². The van der Waals surface area contributed by atoms with Crippen molar-refractivity contribution in [1.29, 1.82) is 0 Å². The highest BCUT2D eigenvalue weighted by atomic mass is 16.6. The van der Waals surface area contributed by atoms with E-state index >= 15 is 0 Å². The molecule has 0 aliphatic heterocycles. The minimum absolute atomic E-state index is 0.0128. The van der Waals surface area contributed by atoms with Crippen LogP contribution in [-0.4, -0.2) is 230 Å². The highest BCUT2D eigenvalue weighted by molar-refractivity contribution is 5.84. The van der Waals surface area contributed by atoms with Gasteiger partial charge in [0.1, 0.15) is 84.4 Å². The largest absolute Gasteiger partial charge is 0.481 e. The van der Waals surface area contributed by atoms with E-state index < -0.39 is 123 Å². The van der Waals surface area contributed by atoms with Gasteiger partial charge in [-0.15, -0.1) is 0 Å². The second kappa shape index (κ2) is 68.0. The molecule has 0 radical (unpaired) electrons. The maximum Gasteiger partial charge on any atom is 0.330 e. The van der Waals surface area contributed by atoms with Crippen LogP contribution in [0.25, 0.3) is 0 Å². The first kappa shape index (κ1) is 130. The molecule has 3 rings (SSSR count).